The maximum atomic E-state index is 4.16. The van der Waals surface area contributed by atoms with Crippen molar-refractivity contribution in [3.8, 4) is 0 Å². The second-order valence-corrected chi connectivity index (χ2v) is 5.69. The fraction of sp³-hybridized carbons (Fsp3) is 0.929. The van der Waals surface area contributed by atoms with E-state index in [4.69, 9.17) is 0 Å². The zero-order chi connectivity index (χ0) is 11.3. The summed E-state index contributed by atoms with van der Waals surface area (Å²) in [7, 11) is 2.30. The van der Waals surface area contributed by atoms with E-state index in [1.165, 1.54) is 45.1 Å². The van der Waals surface area contributed by atoms with E-state index < -0.39 is 0 Å². The fourth-order valence-electron chi connectivity index (χ4n) is 2.52. The van der Waals surface area contributed by atoms with Crippen molar-refractivity contribution in [2.24, 2.45) is 11.8 Å². The van der Waals surface area contributed by atoms with Gasteiger partial charge in [0.25, 0.3) is 0 Å². The van der Waals surface area contributed by atoms with E-state index in [1.54, 1.807) is 0 Å². The summed E-state index contributed by atoms with van der Waals surface area (Å²) in [5, 5.41) is 0. The first-order chi connectivity index (χ1) is 7.09. The quantitative estimate of drug-likeness (QED) is 0.699. The average molecular weight is 299 g/mol. The zero-order valence-electron chi connectivity index (χ0n) is 11.4. The third-order valence-corrected chi connectivity index (χ3v) is 3.73. The smallest absolute Gasteiger partial charge is 0.00905 e. The number of hydrogen-bond donors (Lipinski definition) is 0. The molecule has 0 aromatic carbocycles. The molecule has 1 aliphatic carbocycles. The van der Waals surface area contributed by atoms with Crippen molar-refractivity contribution < 1.29 is 32.7 Å². The average Bonchev–Trinajstić information content (AvgIpc) is 2.18. The van der Waals surface area contributed by atoms with Crippen molar-refractivity contribution in [1.82, 2.24) is 4.90 Å². The molecule has 0 saturated heterocycles. The minimum atomic E-state index is 0. The molecule has 0 spiro atoms. The van der Waals surface area contributed by atoms with Crippen molar-refractivity contribution in [2.45, 2.75) is 58.4 Å². The summed E-state index contributed by atoms with van der Waals surface area (Å²) in [6, 6.07) is 0.843. The summed E-state index contributed by atoms with van der Waals surface area (Å²) < 4.78 is 0. The van der Waals surface area contributed by atoms with E-state index in [-0.39, 0.29) is 32.7 Å². The summed E-state index contributed by atoms with van der Waals surface area (Å²) in [6.45, 7) is 10.1. The molecule has 1 rings (SSSR count). The third-order valence-electron chi connectivity index (χ3n) is 3.73. The van der Waals surface area contributed by atoms with Crippen LogP contribution in [0, 0.1) is 18.8 Å². The van der Waals surface area contributed by atoms with Gasteiger partial charge in [-0.1, -0.05) is 26.7 Å². The first-order valence-corrected chi connectivity index (χ1v) is 6.63. The van der Waals surface area contributed by atoms with Gasteiger partial charge in [0.05, 0.1) is 0 Å². The molecule has 0 bridgehead atoms. The molecule has 0 heterocycles. The van der Waals surface area contributed by atoms with Crippen molar-refractivity contribution in [3.05, 3.63) is 6.92 Å². The van der Waals surface area contributed by atoms with E-state index >= 15 is 0 Å². The van der Waals surface area contributed by atoms with Gasteiger partial charge in [-0.25, -0.2) is 0 Å². The third kappa shape index (κ3) is 6.72. The fourth-order valence-corrected chi connectivity index (χ4v) is 2.52. The molecule has 1 fully saturated rings. The molecule has 0 unspecified atom stereocenters. The van der Waals surface area contributed by atoms with E-state index in [1.807, 2.05) is 0 Å². The molecule has 1 aliphatic rings. The van der Waals surface area contributed by atoms with Gasteiger partial charge in [0.1, 0.15) is 0 Å². The van der Waals surface area contributed by atoms with Crippen LogP contribution in [0.1, 0.15) is 52.4 Å². The monoisotopic (exact) mass is 299 g/mol. The van der Waals surface area contributed by atoms with Gasteiger partial charge in [-0.15, -0.1) is 0 Å². The molecule has 16 heavy (non-hydrogen) atoms. The molecule has 0 aliphatic heterocycles. The molecule has 0 N–H and O–H groups in total. The van der Waals surface area contributed by atoms with Crippen LogP contribution in [0.4, 0.5) is 0 Å². The van der Waals surface area contributed by atoms with Crippen molar-refractivity contribution in [2.75, 3.05) is 13.6 Å². The van der Waals surface area contributed by atoms with E-state index in [2.05, 4.69) is 32.7 Å². The van der Waals surface area contributed by atoms with Crippen molar-refractivity contribution in [1.29, 1.82) is 0 Å². The number of rotatable bonds is 5. The van der Waals surface area contributed by atoms with Gasteiger partial charge in [0.15, 0.2) is 0 Å². The van der Waals surface area contributed by atoms with E-state index in [0.29, 0.717) is 0 Å². The Balaban J connectivity index is 0.00000225. The Morgan fingerprint density at radius 2 is 1.75 bits per heavy atom. The first kappa shape index (κ1) is 17.1. The molecule has 1 saturated carbocycles. The minimum Gasteiger partial charge on any atom is -0.340 e. The van der Waals surface area contributed by atoms with Crippen LogP contribution >= 0.6 is 0 Å². The molecular weight excluding hydrogens is 271 g/mol. The predicted molar refractivity (Wildman–Crippen MR) is 67.8 cm³/mol. The van der Waals surface area contributed by atoms with E-state index in [9.17, 15) is 0 Å². The summed E-state index contributed by atoms with van der Waals surface area (Å²) in [5.74, 6) is 1.58. The van der Waals surface area contributed by atoms with Crippen LogP contribution in [0.15, 0.2) is 0 Å². The molecule has 0 aromatic rings. The normalized spacial score (nSPS) is 25.9. The Labute approximate surface area is 128 Å². The maximum Gasteiger partial charge on any atom is 0.00905 e. The van der Waals surface area contributed by atoms with Crippen LogP contribution in [0.5, 0.6) is 0 Å². The van der Waals surface area contributed by atoms with Crippen LogP contribution in [0.25, 0.3) is 0 Å². The summed E-state index contributed by atoms with van der Waals surface area (Å²) in [5.41, 5.74) is 0. The molecule has 93 valence electrons. The van der Waals surface area contributed by atoms with E-state index in [0.717, 1.165) is 17.9 Å². The topological polar surface area (TPSA) is 3.24 Å². The van der Waals surface area contributed by atoms with Gasteiger partial charge >= 0.3 is 0 Å². The predicted octanol–water partition coefficient (Wildman–Crippen LogP) is 3.74. The van der Waals surface area contributed by atoms with Crippen LogP contribution in [-0.4, -0.2) is 24.5 Å². The molecule has 2 heteroatoms. The van der Waals surface area contributed by atoms with Crippen LogP contribution in [0.3, 0.4) is 0 Å². The van der Waals surface area contributed by atoms with Crippen LogP contribution in [-0.2, 0) is 32.7 Å². The van der Waals surface area contributed by atoms with Crippen molar-refractivity contribution in [3.63, 3.8) is 0 Å². The summed E-state index contributed by atoms with van der Waals surface area (Å²) >= 11 is 0. The molecule has 0 aromatic heterocycles. The molecule has 0 atom stereocenters. The second kappa shape index (κ2) is 9.06. The molecule has 1 nitrogen and oxygen atoms in total. The van der Waals surface area contributed by atoms with Gasteiger partial charge in [-0.05, 0) is 45.2 Å². The Kier molecular flexibility index (Phi) is 9.66. The van der Waals surface area contributed by atoms with Gasteiger partial charge < -0.3 is 11.8 Å². The maximum absolute atomic E-state index is 4.16. The van der Waals surface area contributed by atoms with Crippen LogP contribution in [0.2, 0.25) is 0 Å². The first-order valence-electron chi connectivity index (χ1n) is 6.63. The van der Waals surface area contributed by atoms with Crippen molar-refractivity contribution >= 4 is 0 Å². The van der Waals surface area contributed by atoms with Gasteiger partial charge in [-0.3, -0.25) is 0 Å². The molecular formula is C14H28NY-. The standard InChI is InChI=1S/C14H28N.Y/c1-12(2)6-5-11-15(4)14-9-7-13(3)8-10-14;/h12-14H,3,5-11H2,1-2,4H3;/q-1;. The number of hydrogen-bond acceptors (Lipinski definition) is 1. The SMILES string of the molecule is [CH2-]C1CCC(N(C)CCCC(C)C)CC1.[Y]. The summed E-state index contributed by atoms with van der Waals surface area (Å²) in [6.07, 6.45) is 8.13. The van der Waals surface area contributed by atoms with Gasteiger partial charge in [0.2, 0.25) is 0 Å². The largest absolute Gasteiger partial charge is 0.340 e. The molecule has 0 amide bonds. The van der Waals surface area contributed by atoms with Gasteiger partial charge in [-0.2, -0.15) is 5.92 Å². The Bertz CT molecular complexity index is 162. The van der Waals surface area contributed by atoms with Gasteiger partial charge in [0, 0.05) is 38.8 Å². The second-order valence-electron chi connectivity index (χ2n) is 5.69. The Morgan fingerprint density at radius 1 is 1.19 bits per heavy atom. The van der Waals surface area contributed by atoms with Crippen LogP contribution < -0.4 is 0 Å². The summed E-state index contributed by atoms with van der Waals surface area (Å²) in [4.78, 5) is 2.58. The zero-order valence-corrected chi connectivity index (χ0v) is 14.3. The number of nitrogens with zero attached hydrogens (tertiary/aromatic N) is 1. The minimum absolute atomic E-state index is 0. The Hall–Kier alpha value is 1.06. The molecule has 1 radical (unpaired) electrons. The Morgan fingerprint density at radius 3 is 2.25 bits per heavy atom.